The Bertz CT molecular complexity index is 399. The molecule has 1 saturated heterocycles. The van der Waals surface area contributed by atoms with E-state index in [9.17, 15) is 4.79 Å². The first-order valence-corrected chi connectivity index (χ1v) is 7.23. The molecule has 1 aromatic heterocycles. The van der Waals surface area contributed by atoms with Crippen molar-refractivity contribution in [3.63, 3.8) is 0 Å². The Morgan fingerprint density at radius 2 is 2.17 bits per heavy atom. The van der Waals surface area contributed by atoms with E-state index in [0.29, 0.717) is 6.42 Å². The molecule has 1 N–H and O–H groups in total. The normalized spacial score (nSPS) is 16.9. The molecule has 0 atom stereocenters. The average Bonchev–Trinajstić information content (AvgIpc) is 2.86. The van der Waals surface area contributed by atoms with Gasteiger partial charge in [0.25, 0.3) is 0 Å². The summed E-state index contributed by atoms with van der Waals surface area (Å²) < 4.78 is 0. The molecule has 6 heteroatoms. The number of carbonyl (C=O) groups excluding carboxylic acids is 1. The highest BCUT2D eigenvalue weighted by Crippen LogP contribution is 2.15. The van der Waals surface area contributed by atoms with E-state index < -0.39 is 0 Å². The van der Waals surface area contributed by atoms with Gasteiger partial charge in [0.15, 0.2) is 5.13 Å². The number of hydrogen-bond donors (Lipinski definition) is 1. The highest BCUT2D eigenvalue weighted by Gasteiger charge is 2.20. The second kappa shape index (κ2) is 6.15. The summed E-state index contributed by atoms with van der Waals surface area (Å²) in [6.07, 6.45) is 0.421. The van der Waals surface area contributed by atoms with Crippen LogP contribution in [0.1, 0.15) is 12.6 Å². The fourth-order valence-corrected chi connectivity index (χ4v) is 2.75. The van der Waals surface area contributed by atoms with Crippen molar-refractivity contribution in [1.82, 2.24) is 14.8 Å². The van der Waals surface area contributed by atoms with Gasteiger partial charge in [0.1, 0.15) is 0 Å². The topological polar surface area (TPSA) is 48.5 Å². The molecule has 5 nitrogen and oxygen atoms in total. The van der Waals surface area contributed by atoms with Gasteiger partial charge in [0.05, 0.1) is 12.1 Å². The summed E-state index contributed by atoms with van der Waals surface area (Å²) >= 11 is 1.54. The molecule has 1 amide bonds. The lowest BCUT2D eigenvalue weighted by atomic mass is 10.2. The first-order valence-electron chi connectivity index (χ1n) is 6.35. The quantitative estimate of drug-likeness (QED) is 0.881. The van der Waals surface area contributed by atoms with Gasteiger partial charge in [-0.1, -0.05) is 6.92 Å². The van der Waals surface area contributed by atoms with E-state index in [2.05, 4.69) is 22.1 Å². The molecule has 100 valence electrons. The van der Waals surface area contributed by atoms with Gasteiger partial charge in [-0.05, 0) is 6.54 Å². The van der Waals surface area contributed by atoms with Gasteiger partial charge >= 0.3 is 0 Å². The van der Waals surface area contributed by atoms with E-state index in [1.165, 1.54) is 0 Å². The molecule has 0 unspecified atom stereocenters. The number of amides is 1. The molecule has 2 rings (SSSR count). The van der Waals surface area contributed by atoms with E-state index in [4.69, 9.17) is 0 Å². The lowest BCUT2D eigenvalue weighted by molar-refractivity contribution is -0.132. The number of piperazine rings is 1. The lowest BCUT2D eigenvalue weighted by Gasteiger charge is -2.34. The summed E-state index contributed by atoms with van der Waals surface area (Å²) in [4.78, 5) is 20.8. The number of aromatic nitrogens is 1. The minimum Gasteiger partial charge on any atom is -0.365 e. The zero-order chi connectivity index (χ0) is 13.0. The molecule has 1 aliphatic rings. The van der Waals surface area contributed by atoms with Crippen molar-refractivity contribution in [2.45, 2.75) is 13.3 Å². The molecule has 0 aromatic carbocycles. The summed E-state index contributed by atoms with van der Waals surface area (Å²) in [5.41, 5.74) is 0.868. The molecule has 0 aliphatic carbocycles. The number of anilines is 1. The highest BCUT2D eigenvalue weighted by molar-refractivity contribution is 7.13. The average molecular weight is 268 g/mol. The van der Waals surface area contributed by atoms with Crippen LogP contribution in [-0.4, -0.2) is 60.5 Å². The predicted molar refractivity (Wildman–Crippen MR) is 74.1 cm³/mol. The molecular weight excluding hydrogens is 248 g/mol. The van der Waals surface area contributed by atoms with Gasteiger partial charge in [-0.15, -0.1) is 11.3 Å². The SMILES string of the molecule is CCN1CCN(C(=O)Cc2csc(NC)n2)CC1. The maximum atomic E-state index is 12.1. The van der Waals surface area contributed by atoms with E-state index >= 15 is 0 Å². The Morgan fingerprint density at radius 3 is 2.72 bits per heavy atom. The summed E-state index contributed by atoms with van der Waals surface area (Å²) in [6.45, 7) is 6.89. The van der Waals surface area contributed by atoms with Crippen LogP contribution in [0.5, 0.6) is 0 Å². The van der Waals surface area contributed by atoms with Crippen LogP contribution in [0.2, 0.25) is 0 Å². The maximum absolute atomic E-state index is 12.1. The molecule has 1 aromatic rings. The third-order valence-electron chi connectivity index (χ3n) is 3.27. The van der Waals surface area contributed by atoms with E-state index in [1.807, 2.05) is 17.3 Å². The fourth-order valence-electron chi connectivity index (χ4n) is 2.08. The molecule has 1 aliphatic heterocycles. The zero-order valence-electron chi connectivity index (χ0n) is 11.0. The summed E-state index contributed by atoms with van der Waals surface area (Å²) in [6, 6.07) is 0. The molecule has 18 heavy (non-hydrogen) atoms. The molecule has 2 heterocycles. The van der Waals surface area contributed by atoms with Gasteiger partial charge in [-0.3, -0.25) is 4.79 Å². The van der Waals surface area contributed by atoms with Crippen LogP contribution >= 0.6 is 11.3 Å². The van der Waals surface area contributed by atoms with Crippen molar-refractivity contribution >= 4 is 22.4 Å². The Labute approximate surface area is 112 Å². The smallest absolute Gasteiger partial charge is 0.228 e. The largest absolute Gasteiger partial charge is 0.365 e. The van der Waals surface area contributed by atoms with Crippen LogP contribution in [0.25, 0.3) is 0 Å². The van der Waals surface area contributed by atoms with Crippen LogP contribution in [0.4, 0.5) is 5.13 Å². The Kier molecular flexibility index (Phi) is 4.54. The molecule has 0 bridgehead atoms. The Hall–Kier alpha value is -1.14. The third kappa shape index (κ3) is 3.20. The standard InChI is InChI=1S/C12H20N4OS/c1-3-15-4-6-16(7-5-15)11(17)8-10-9-18-12(13-2)14-10/h9H,3-8H2,1-2H3,(H,13,14). The first kappa shape index (κ1) is 13.3. The number of likely N-dealkylation sites (N-methyl/N-ethyl adjacent to an activating group) is 1. The first-order chi connectivity index (χ1) is 8.72. The molecule has 1 fully saturated rings. The van der Waals surface area contributed by atoms with Gasteiger partial charge in [0.2, 0.25) is 5.91 Å². The monoisotopic (exact) mass is 268 g/mol. The molecule has 0 radical (unpaired) electrons. The van der Waals surface area contributed by atoms with E-state index in [0.717, 1.165) is 43.5 Å². The van der Waals surface area contributed by atoms with Crippen molar-refractivity contribution in [3.05, 3.63) is 11.1 Å². The van der Waals surface area contributed by atoms with Crippen molar-refractivity contribution in [2.24, 2.45) is 0 Å². The van der Waals surface area contributed by atoms with Gasteiger partial charge < -0.3 is 15.1 Å². The number of hydrogen-bond acceptors (Lipinski definition) is 5. The third-order valence-corrected chi connectivity index (χ3v) is 4.18. The zero-order valence-corrected chi connectivity index (χ0v) is 11.8. The van der Waals surface area contributed by atoms with Crippen LogP contribution < -0.4 is 5.32 Å². The van der Waals surface area contributed by atoms with Crippen molar-refractivity contribution in [2.75, 3.05) is 45.1 Å². The number of carbonyl (C=O) groups is 1. The predicted octanol–water partition coefficient (Wildman–Crippen LogP) is 0.891. The second-order valence-corrected chi connectivity index (χ2v) is 5.24. The van der Waals surface area contributed by atoms with Gasteiger partial charge in [-0.2, -0.15) is 0 Å². The van der Waals surface area contributed by atoms with E-state index in [-0.39, 0.29) is 5.91 Å². The maximum Gasteiger partial charge on any atom is 0.228 e. The molecular formula is C12H20N4OS. The van der Waals surface area contributed by atoms with Gasteiger partial charge in [-0.25, -0.2) is 4.98 Å². The van der Waals surface area contributed by atoms with Crippen molar-refractivity contribution in [1.29, 1.82) is 0 Å². The number of nitrogens with zero attached hydrogens (tertiary/aromatic N) is 3. The number of thiazole rings is 1. The van der Waals surface area contributed by atoms with E-state index in [1.54, 1.807) is 11.3 Å². The van der Waals surface area contributed by atoms with Crippen LogP contribution in [0.3, 0.4) is 0 Å². The fraction of sp³-hybridized carbons (Fsp3) is 0.667. The lowest BCUT2D eigenvalue weighted by Crippen LogP contribution is -2.48. The minimum atomic E-state index is 0.193. The van der Waals surface area contributed by atoms with Crippen LogP contribution in [0, 0.1) is 0 Å². The van der Waals surface area contributed by atoms with Gasteiger partial charge in [0, 0.05) is 38.6 Å². The van der Waals surface area contributed by atoms with Crippen molar-refractivity contribution in [3.8, 4) is 0 Å². The Balaban J connectivity index is 1.85. The van der Waals surface area contributed by atoms with Crippen LogP contribution in [-0.2, 0) is 11.2 Å². The van der Waals surface area contributed by atoms with Crippen LogP contribution in [0.15, 0.2) is 5.38 Å². The summed E-state index contributed by atoms with van der Waals surface area (Å²) in [7, 11) is 1.84. The number of nitrogens with one attached hydrogen (secondary N) is 1. The Morgan fingerprint density at radius 1 is 1.44 bits per heavy atom. The molecule has 0 saturated carbocycles. The summed E-state index contributed by atoms with van der Waals surface area (Å²) in [5.74, 6) is 0.193. The number of rotatable bonds is 4. The summed E-state index contributed by atoms with van der Waals surface area (Å²) in [5, 5.41) is 5.81. The van der Waals surface area contributed by atoms with Crippen molar-refractivity contribution < 1.29 is 4.79 Å². The highest BCUT2D eigenvalue weighted by atomic mass is 32.1. The minimum absolute atomic E-state index is 0.193. The molecule has 0 spiro atoms. The second-order valence-electron chi connectivity index (χ2n) is 4.39.